The fourth-order valence-electron chi connectivity index (χ4n) is 1.69. The Morgan fingerprint density at radius 1 is 1.29 bits per heavy atom. The molecule has 0 heterocycles. The zero-order valence-corrected chi connectivity index (χ0v) is 13.5. The van der Waals surface area contributed by atoms with Crippen LogP contribution >= 0.6 is 12.6 Å². The molecule has 0 saturated carbocycles. The lowest BCUT2D eigenvalue weighted by atomic mass is 10.1. The molecule has 1 rings (SSSR count). The topological polar surface area (TPSA) is 72.8 Å². The Balaban J connectivity index is 2.65. The number of ether oxygens (including phenoxy) is 2. The maximum absolute atomic E-state index is 11.5. The summed E-state index contributed by atoms with van der Waals surface area (Å²) in [7, 11) is 0. The van der Waals surface area contributed by atoms with Gasteiger partial charge < -0.3 is 14.6 Å². The molecule has 5 nitrogen and oxygen atoms in total. The van der Waals surface area contributed by atoms with Gasteiger partial charge in [-0.1, -0.05) is 0 Å². The Kier molecular flexibility index (Phi) is 5.80. The summed E-state index contributed by atoms with van der Waals surface area (Å²) in [6, 6.07) is 3.24. The summed E-state index contributed by atoms with van der Waals surface area (Å²) in [5.74, 6) is -1.48. The molecule has 0 spiro atoms. The van der Waals surface area contributed by atoms with Gasteiger partial charge in [0.15, 0.2) is 0 Å². The third-order valence-electron chi connectivity index (χ3n) is 2.58. The zero-order valence-electron chi connectivity index (χ0n) is 12.6. The molecule has 0 radical (unpaired) electrons. The molecule has 0 bridgehead atoms. The van der Waals surface area contributed by atoms with Crippen LogP contribution in [0.25, 0.3) is 0 Å². The lowest BCUT2D eigenvalue weighted by Crippen LogP contribution is -2.26. The highest BCUT2D eigenvalue weighted by Crippen LogP contribution is 2.21. The predicted molar refractivity (Wildman–Crippen MR) is 80.9 cm³/mol. The fourth-order valence-corrected chi connectivity index (χ4v) is 1.97. The van der Waals surface area contributed by atoms with Gasteiger partial charge in [-0.05, 0) is 51.0 Å². The van der Waals surface area contributed by atoms with Gasteiger partial charge in [0.25, 0.3) is 0 Å². The number of carbonyl (C=O) groups is 2. The van der Waals surface area contributed by atoms with Crippen LogP contribution < -0.4 is 0 Å². The van der Waals surface area contributed by atoms with E-state index in [2.05, 4.69) is 12.6 Å². The minimum absolute atomic E-state index is 0.118. The van der Waals surface area contributed by atoms with Crippen molar-refractivity contribution in [1.29, 1.82) is 0 Å². The Morgan fingerprint density at radius 2 is 1.90 bits per heavy atom. The summed E-state index contributed by atoms with van der Waals surface area (Å²) in [5, 5.41) is 9.11. The number of rotatable bonds is 5. The van der Waals surface area contributed by atoms with Crippen LogP contribution in [0.15, 0.2) is 17.0 Å². The second-order valence-electron chi connectivity index (χ2n) is 5.67. The molecule has 0 aliphatic heterocycles. The lowest BCUT2D eigenvalue weighted by Gasteiger charge is -2.19. The van der Waals surface area contributed by atoms with Crippen molar-refractivity contribution in [2.45, 2.75) is 44.8 Å². The molecular formula is C15H20O5S. The van der Waals surface area contributed by atoms with E-state index in [1.54, 1.807) is 33.8 Å². The number of carboxylic acid groups (broad SMARTS) is 1. The van der Waals surface area contributed by atoms with Crippen LogP contribution in [0.4, 0.5) is 0 Å². The molecule has 0 aromatic heterocycles. The van der Waals surface area contributed by atoms with Gasteiger partial charge in [-0.25, -0.2) is 9.59 Å². The first kappa shape index (κ1) is 17.5. The van der Waals surface area contributed by atoms with Crippen LogP contribution in [-0.2, 0) is 20.9 Å². The molecule has 0 saturated heterocycles. The number of carbonyl (C=O) groups excluding carboxylic acids is 1. The number of aromatic carboxylic acids is 1. The van der Waals surface area contributed by atoms with Gasteiger partial charge in [0.1, 0.15) is 12.2 Å². The van der Waals surface area contributed by atoms with Gasteiger partial charge in [0, 0.05) is 4.90 Å². The van der Waals surface area contributed by atoms with E-state index >= 15 is 0 Å². The second-order valence-corrected chi connectivity index (χ2v) is 6.15. The minimum atomic E-state index is -1.02. The fraction of sp³-hybridized carbons (Fsp3) is 0.467. The van der Waals surface area contributed by atoms with Crippen molar-refractivity contribution < 1.29 is 24.2 Å². The van der Waals surface area contributed by atoms with Crippen molar-refractivity contribution in [2.75, 3.05) is 6.61 Å². The molecule has 21 heavy (non-hydrogen) atoms. The first-order chi connectivity index (χ1) is 9.60. The normalized spacial score (nSPS) is 11.3. The predicted octanol–water partition coefficient (Wildman–Crippen LogP) is 2.84. The summed E-state index contributed by atoms with van der Waals surface area (Å²) in [6.07, 6.45) is 0. The maximum atomic E-state index is 11.5. The highest BCUT2D eigenvalue weighted by atomic mass is 32.1. The van der Waals surface area contributed by atoms with Gasteiger partial charge in [-0.15, -0.1) is 12.6 Å². The van der Waals surface area contributed by atoms with E-state index in [0.29, 0.717) is 16.0 Å². The van der Waals surface area contributed by atoms with E-state index in [0.717, 1.165) is 0 Å². The van der Waals surface area contributed by atoms with Crippen LogP contribution in [-0.4, -0.2) is 29.3 Å². The van der Waals surface area contributed by atoms with E-state index < -0.39 is 17.5 Å². The molecule has 1 aromatic carbocycles. The van der Waals surface area contributed by atoms with Crippen LogP contribution in [0.3, 0.4) is 0 Å². The minimum Gasteiger partial charge on any atom is -0.478 e. The van der Waals surface area contributed by atoms with E-state index in [1.165, 1.54) is 6.07 Å². The first-order valence-electron chi connectivity index (χ1n) is 6.45. The molecular weight excluding hydrogens is 292 g/mol. The van der Waals surface area contributed by atoms with E-state index in [-0.39, 0.29) is 18.8 Å². The van der Waals surface area contributed by atoms with Gasteiger partial charge >= 0.3 is 11.9 Å². The molecule has 0 aliphatic rings. The Morgan fingerprint density at radius 3 is 2.43 bits per heavy atom. The number of esters is 1. The molecule has 1 N–H and O–H groups in total. The molecule has 0 fully saturated rings. The first-order valence-corrected chi connectivity index (χ1v) is 6.90. The number of hydrogen-bond acceptors (Lipinski definition) is 5. The maximum Gasteiger partial charge on any atom is 0.336 e. The SMILES string of the molecule is Cc1c(S)cc(COCC(=O)OC(C)(C)C)cc1C(=O)O. The molecule has 116 valence electrons. The van der Waals surface area contributed by atoms with E-state index in [9.17, 15) is 9.59 Å². The van der Waals surface area contributed by atoms with E-state index in [1.807, 2.05) is 0 Å². The van der Waals surface area contributed by atoms with Gasteiger partial charge in [0.2, 0.25) is 0 Å². The van der Waals surface area contributed by atoms with Gasteiger partial charge in [-0.2, -0.15) is 0 Å². The molecule has 1 aromatic rings. The summed E-state index contributed by atoms with van der Waals surface area (Å²) in [4.78, 5) is 23.2. The molecule has 0 atom stereocenters. The average Bonchev–Trinajstić information content (AvgIpc) is 2.30. The number of carboxylic acids is 1. The summed E-state index contributed by atoms with van der Waals surface area (Å²) >= 11 is 4.24. The van der Waals surface area contributed by atoms with Gasteiger partial charge in [-0.3, -0.25) is 0 Å². The van der Waals surface area contributed by atoms with Crippen LogP contribution in [0.1, 0.15) is 42.3 Å². The Bertz CT molecular complexity index is 546. The van der Waals surface area contributed by atoms with Crippen molar-refractivity contribution in [3.63, 3.8) is 0 Å². The molecule has 6 heteroatoms. The monoisotopic (exact) mass is 312 g/mol. The second kappa shape index (κ2) is 6.95. The molecule has 0 aliphatic carbocycles. The number of thiol groups is 1. The van der Waals surface area contributed by atoms with Crippen molar-refractivity contribution in [1.82, 2.24) is 0 Å². The number of hydrogen-bond donors (Lipinski definition) is 2. The average molecular weight is 312 g/mol. The van der Waals surface area contributed by atoms with Crippen LogP contribution in [0.5, 0.6) is 0 Å². The molecule has 0 amide bonds. The standard InChI is InChI=1S/C15H20O5S/c1-9-11(14(17)18)5-10(6-12(9)21)7-19-8-13(16)20-15(2,3)4/h5-6,21H,7-8H2,1-4H3,(H,17,18). The third kappa shape index (κ3) is 5.77. The highest BCUT2D eigenvalue weighted by Gasteiger charge is 2.16. The van der Waals surface area contributed by atoms with Crippen molar-refractivity contribution in [3.8, 4) is 0 Å². The quantitative estimate of drug-likeness (QED) is 0.646. The summed E-state index contributed by atoms with van der Waals surface area (Å²) < 4.78 is 10.4. The molecule has 0 unspecified atom stereocenters. The Hall–Kier alpha value is -1.53. The van der Waals surface area contributed by atoms with Gasteiger partial charge in [0.05, 0.1) is 12.2 Å². The highest BCUT2D eigenvalue weighted by molar-refractivity contribution is 7.80. The van der Waals surface area contributed by atoms with Crippen molar-refractivity contribution in [3.05, 3.63) is 28.8 Å². The third-order valence-corrected chi connectivity index (χ3v) is 3.04. The summed E-state index contributed by atoms with van der Waals surface area (Å²) in [6.45, 7) is 6.95. The van der Waals surface area contributed by atoms with Crippen LogP contribution in [0, 0.1) is 6.92 Å². The lowest BCUT2D eigenvalue weighted by molar-refractivity contribution is -0.160. The smallest absolute Gasteiger partial charge is 0.336 e. The summed E-state index contributed by atoms with van der Waals surface area (Å²) in [5.41, 5.74) is 0.866. The number of benzene rings is 1. The van der Waals surface area contributed by atoms with E-state index in [4.69, 9.17) is 14.6 Å². The van der Waals surface area contributed by atoms with Crippen LogP contribution in [0.2, 0.25) is 0 Å². The zero-order chi connectivity index (χ0) is 16.2. The van der Waals surface area contributed by atoms with Crippen molar-refractivity contribution >= 4 is 24.6 Å². The van der Waals surface area contributed by atoms with Crippen molar-refractivity contribution in [2.24, 2.45) is 0 Å². The Labute approximate surface area is 129 Å². The largest absolute Gasteiger partial charge is 0.478 e.